The molecule has 5 atom stereocenters. The fourth-order valence-corrected chi connectivity index (χ4v) is 5.90. The van der Waals surface area contributed by atoms with Crippen molar-refractivity contribution in [3.05, 3.63) is 72.3 Å². The van der Waals surface area contributed by atoms with E-state index in [0.717, 1.165) is 36.7 Å². The van der Waals surface area contributed by atoms with Gasteiger partial charge in [0.25, 0.3) is 0 Å². The van der Waals surface area contributed by atoms with Crippen LogP contribution in [0.25, 0.3) is 22.4 Å². The van der Waals surface area contributed by atoms with Gasteiger partial charge in [0.2, 0.25) is 0 Å². The average Bonchev–Trinajstić information content (AvgIpc) is 2.99. The van der Waals surface area contributed by atoms with E-state index in [0.29, 0.717) is 11.3 Å². The lowest BCUT2D eigenvalue weighted by atomic mass is 9.99. The van der Waals surface area contributed by atoms with Gasteiger partial charge in [0.05, 0.1) is 11.3 Å². The van der Waals surface area contributed by atoms with Crippen LogP contribution in [0.2, 0.25) is 0 Å². The van der Waals surface area contributed by atoms with Gasteiger partial charge in [-0.3, -0.25) is 19.2 Å². The highest BCUT2D eigenvalue weighted by Gasteiger charge is 2.52. The smallest absolute Gasteiger partial charge is 0.303 e. The van der Waals surface area contributed by atoms with Crippen molar-refractivity contribution in [3.8, 4) is 28.5 Å². The number of hydrogen-bond donors (Lipinski definition) is 0. The third-order valence-corrected chi connectivity index (χ3v) is 7.56. The van der Waals surface area contributed by atoms with Gasteiger partial charge in [0, 0.05) is 38.8 Å². The number of hydrogen-bond acceptors (Lipinski definition) is 12. The molecular weight excluding hydrogens is 588 g/mol. The molecule has 0 radical (unpaired) electrons. The van der Waals surface area contributed by atoms with Crippen LogP contribution < -0.4 is 0 Å². The van der Waals surface area contributed by atoms with Crippen LogP contribution in [-0.4, -0.2) is 65.3 Å². The first-order chi connectivity index (χ1) is 21.1. The SMILES string of the molecule is CC(=O)OC[C@H]1O[C@@H](Sc2nc(-c3ccccc3)cc(-c3ccccc3)c2C#N)[C@H](OC(C)=O)[C@@H](OC(C)=O)[C@@H]1OC(C)=O. The highest BCUT2D eigenvalue weighted by Crippen LogP contribution is 2.41. The van der Waals surface area contributed by atoms with Gasteiger partial charge in [-0.25, -0.2) is 4.98 Å². The van der Waals surface area contributed by atoms with Crippen molar-refractivity contribution in [2.24, 2.45) is 0 Å². The zero-order valence-electron chi connectivity index (χ0n) is 24.4. The molecule has 1 aliphatic heterocycles. The quantitative estimate of drug-likeness (QED) is 0.246. The second kappa shape index (κ2) is 14.6. The third-order valence-electron chi connectivity index (χ3n) is 6.43. The number of benzene rings is 2. The van der Waals surface area contributed by atoms with E-state index in [4.69, 9.17) is 28.7 Å². The zero-order chi connectivity index (χ0) is 31.8. The van der Waals surface area contributed by atoms with Gasteiger partial charge in [-0.2, -0.15) is 5.26 Å². The van der Waals surface area contributed by atoms with E-state index in [-0.39, 0.29) is 17.2 Å². The summed E-state index contributed by atoms with van der Waals surface area (Å²) in [6.45, 7) is 4.30. The van der Waals surface area contributed by atoms with Crippen LogP contribution in [0, 0.1) is 11.3 Å². The molecule has 12 heteroatoms. The summed E-state index contributed by atoms with van der Waals surface area (Å²) in [5.41, 5.74) is 1.81. The third kappa shape index (κ3) is 8.00. The molecule has 0 unspecified atom stereocenters. The van der Waals surface area contributed by atoms with Gasteiger partial charge in [0.15, 0.2) is 23.7 Å². The molecule has 0 saturated carbocycles. The minimum atomic E-state index is -1.34. The van der Waals surface area contributed by atoms with E-state index in [1.54, 1.807) is 0 Å². The van der Waals surface area contributed by atoms with E-state index in [2.05, 4.69) is 6.07 Å². The number of ether oxygens (including phenoxy) is 5. The van der Waals surface area contributed by atoms with Crippen molar-refractivity contribution in [2.75, 3.05) is 6.61 Å². The second-order valence-electron chi connectivity index (χ2n) is 9.76. The minimum Gasteiger partial charge on any atom is -0.463 e. The first-order valence-corrected chi connectivity index (χ1v) is 14.5. The summed E-state index contributed by atoms with van der Waals surface area (Å²) in [5, 5.41) is 10.6. The molecule has 0 N–H and O–H groups in total. The van der Waals surface area contributed by atoms with Crippen LogP contribution in [0.5, 0.6) is 0 Å². The monoisotopic (exact) mass is 618 g/mol. The van der Waals surface area contributed by atoms with Crippen molar-refractivity contribution in [3.63, 3.8) is 0 Å². The molecule has 0 spiro atoms. The maximum absolute atomic E-state index is 12.3. The normalized spacial score (nSPS) is 20.9. The molecule has 2 heterocycles. The molecule has 11 nitrogen and oxygen atoms in total. The maximum Gasteiger partial charge on any atom is 0.303 e. The molecule has 1 aliphatic rings. The molecule has 44 heavy (non-hydrogen) atoms. The Kier molecular flexibility index (Phi) is 10.7. The van der Waals surface area contributed by atoms with Crippen molar-refractivity contribution in [1.29, 1.82) is 5.26 Å². The number of esters is 4. The molecule has 0 amide bonds. The van der Waals surface area contributed by atoms with Crippen LogP contribution >= 0.6 is 11.8 Å². The Labute approximate surface area is 258 Å². The summed E-state index contributed by atoms with van der Waals surface area (Å²) in [4.78, 5) is 53.1. The van der Waals surface area contributed by atoms with E-state index >= 15 is 0 Å². The number of aromatic nitrogens is 1. The summed E-state index contributed by atoms with van der Waals surface area (Å²) < 4.78 is 28.1. The van der Waals surface area contributed by atoms with Gasteiger partial charge >= 0.3 is 23.9 Å². The Morgan fingerprint density at radius 1 is 0.795 bits per heavy atom. The van der Waals surface area contributed by atoms with E-state index < -0.39 is 53.7 Å². The van der Waals surface area contributed by atoms with Crippen LogP contribution in [0.4, 0.5) is 0 Å². The summed E-state index contributed by atoms with van der Waals surface area (Å²) in [7, 11) is 0. The zero-order valence-corrected chi connectivity index (χ0v) is 25.2. The standard InChI is InChI=1S/C32H30N2O9S/c1-18(35)39-17-27-28(40-19(2)36)29(41-20(3)37)30(42-21(4)38)32(43-27)44-31-25(16-33)24(22-11-7-5-8-12-22)15-26(34-31)23-13-9-6-10-14-23/h5-15,27-30,32H,17H2,1-4H3/t27-,28-,29+,30-,32+/m1/s1. The van der Waals surface area contributed by atoms with E-state index in [1.807, 2.05) is 66.7 Å². The van der Waals surface area contributed by atoms with Crippen molar-refractivity contribution in [2.45, 2.75) is 62.6 Å². The fraction of sp³-hybridized carbons (Fsp3) is 0.312. The van der Waals surface area contributed by atoms with Gasteiger partial charge in [-0.1, -0.05) is 72.4 Å². The summed E-state index contributed by atoms with van der Waals surface area (Å²) in [6, 6.07) is 22.7. The van der Waals surface area contributed by atoms with E-state index in [1.165, 1.54) is 13.8 Å². The van der Waals surface area contributed by atoms with Crippen LogP contribution in [0.15, 0.2) is 71.8 Å². The molecule has 1 aromatic heterocycles. The number of nitriles is 1. The number of nitrogens with zero attached hydrogens (tertiary/aromatic N) is 2. The molecule has 0 bridgehead atoms. The summed E-state index contributed by atoms with van der Waals surface area (Å²) in [6.07, 6.45) is -5.08. The number of carbonyl (C=O) groups excluding carboxylic acids is 4. The van der Waals surface area contributed by atoms with E-state index in [9.17, 15) is 24.4 Å². The van der Waals surface area contributed by atoms with Gasteiger partial charge in [-0.15, -0.1) is 0 Å². The number of rotatable bonds is 9. The Morgan fingerprint density at radius 2 is 1.34 bits per heavy atom. The maximum atomic E-state index is 12.3. The van der Waals surface area contributed by atoms with Gasteiger partial charge < -0.3 is 23.7 Å². The number of pyridine rings is 1. The van der Waals surface area contributed by atoms with Crippen LogP contribution in [0.1, 0.15) is 33.3 Å². The molecule has 0 aliphatic carbocycles. The van der Waals surface area contributed by atoms with Crippen molar-refractivity contribution in [1.82, 2.24) is 4.98 Å². The lowest BCUT2D eigenvalue weighted by Crippen LogP contribution is -2.61. The first-order valence-electron chi connectivity index (χ1n) is 13.6. The van der Waals surface area contributed by atoms with Crippen LogP contribution in [0.3, 0.4) is 0 Å². The second-order valence-corrected chi connectivity index (χ2v) is 10.9. The summed E-state index contributed by atoms with van der Waals surface area (Å²) in [5.74, 6) is -2.82. The Bertz CT molecular complexity index is 1560. The Morgan fingerprint density at radius 3 is 1.89 bits per heavy atom. The van der Waals surface area contributed by atoms with Crippen molar-refractivity contribution >= 4 is 35.6 Å². The predicted molar refractivity (Wildman–Crippen MR) is 158 cm³/mol. The molecule has 1 saturated heterocycles. The van der Waals surface area contributed by atoms with Crippen LogP contribution in [-0.2, 0) is 42.9 Å². The molecular formula is C32H30N2O9S. The topological polar surface area (TPSA) is 151 Å². The first kappa shape index (κ1) is 32.2. The highest BCUT2D eigenvalue weighted by molar-refractivity contribution is 7.99. The number of thioether (sulfide) groups is 1. The largest absolute Gasteiger partial charge is 0.463 e. The van der Waals surface area contributed by atoms with Crippen molar-refractivity contribution < 1.29 is 42.9 Å². The molecule has 1 fully saturated rings. The number of carbonyl (C=O) groups is 4. The molecule has 228 valence electrons. The minimum absolute atomic E-state index is 0.230. The molecule has 4 rings (SSSR count). The lowest BCUT2D eigenvalue weighted by molar-refractivity contribution is -0.237. The Hall–Kier alpha value is -4.73. The van der Waals surface area contributed by atoms with Gasteiger partial charge in [0.1, 0.15) is 23.8 Å². The average molecular weight is 619 g/mol. The van der Waals surface area contributed by atoms with Gasteiger partial charge in [-0.05, 0) is 11.6 Å². The molecule has 2 aromatic carbocycles. The lowest BCUT2D eigenvalue weighted by Gasteiger charge is -2.44. The fourth-order valence-electron chi connectivity index (χ4n) is 4.71. The summed E-state index contributed by atoms with van der Waals surface area (Å²) >= 11 is 0.968. The highest BCUT2D eigenvalue weighted by atomic mass is 32.2. The Balaban J connectivity index is 1.87. The molecule has 3 aromatic rings. The predicted octanol–water partition coefficient (Wildman–Crippen LogP) is 4.46.